The van der Waals surface area contributed by atoms with E-state index in [1.54, 1.807) is 0 Å². The Labute approximate surface area is 63.7 Å². The van der Waals surface area contributed by atoms with Crippen LogP contribution in [0.2, 0.25) is 0 Å². The lowest BCUT2D eigenvalue weighted by molar-refractivity contribution is -0.0698. The van der Waals surface area contributed by atoms with Crippen molar-refractivity contribution in [3.8, 4) is 0 Å². The molecule has 0 spiro atoms. The number of alkyl halides is 2. The van der Waals surface area contributed by atoms with Gasteiger partial charge in [-0.2, -0.15) is 0 Å². The first-order valence-corrected chi connectivity index (χ1v) is 3.75. The van der Waals surface area contributed by atoms with E-state index < -0.39 is 11.8 Å². The largest absolute Gasteiger partial charge is 0.373 e. The first-order valence-electron chi connectivity index (χ1n) is 3.75. The molecule has 3 rings (SSSR count). The highest BCUT2D eigenvalue weighted by molar-refractivity contribution is 5.12. The fourth-order valence-corrected chi connectivity index (χ4v) is 2.15. The summed E-state index contributed by atoms with van der Waals surface area (Å²) in [6, 6.07) is 0. The molecule has 0 aromatic heterocycles. The molecule has 2 N–H and O–H groups in total. The van der Waals surface area contributed by atoms with Gasteiger partial charge in [0.25, 0.3) is 0 Å². The van der Waals surface area contributed by atoms with Gasteiger partial charge in [-0.05, 0) is 12.8 Å². The summed E-state index contributed by atoms with van der Waals surface area (Å²) >= 11 is 0. The predicted octanol–water partition coefficient (Wildman–Crippen LogP) is 0.759. The molecule has 1 saturated carbocycles. The maximum absolute atomic E-state index is 12.3. The van der Waals surface area contributed by atoms with E-state index in [-0.39, 0.29) is 12.2 Å². The van der Waals surface area contributed by atoms with Crippen LogP contribution in [0.5, 0.6) is 0 Å². The van der Waals surface area contributed by atoms with Crippen LogP contribution in [0.15, 0.2) is 0 Å². The second-order valence-electron chi connectivity index (χ2n) is 3.69. The molecule has 0 aromatic rings. The molecule has 0 unspecified atom stereocenters. The van der Waals surface area contributed by atoms with E-state index in [2.05, 4.69) is 0 Å². The van der Waals surface area contributed by atoms with Crippen molar-refractivity contribution < 1.29 is 13.5 Å². The van der Waals surface area contributed by atoms with E-state index in [1.165, 1.54) is 0 Å². The van der Waals surface area contributed by atoms with Crippen LogP contribution in [0.25, 0.3) is 0 Å². The molecule has 0 aromatic carbocycles. The summed E-state index contributed by atoms with van der Waals surface area (Å²) in [7, 11) is 0. The molecular weight excluding hydrogens is 152 g/mol. The van der Waals surface area contributed by atoms with E-state index >= 15 is 0 Å². The summed E-state index contributed by atoms with van der Waals surface area (Å²) in [5.74, 6) is 0. The lowest BCUT2D eigenvalue weighted by Crippen LogP contribution is -2.52. The second kappa shape index (κ2) is 1.93. The Morgan fingerprint density at radius 2 is 2.09 bits per heavy atom. The van der Waals surface area contributed by atoms with E-state index in [0.29, 0.717) is 19.4 Å². The van der Waals surface area contributed by atoms with Crippen molar-refractivity contribution in [2.75, 3.05) is 13.2 Å². The highest BCUT2D eigenvalue weighted by Crippen LogP contribution is 2.60. The summed E-state index contributed by atoms with van der Waals surface area (Å²) in [6.45, 7) is 0.573. The minimum Gasteiger partial charge on any atom is -0.373 e. The number of halogens is 2. The maximum atomic E-state index is 12.3. The van der Waals surface area contributed by atoms with Crippen LogP contribution in [0.3, 0.4) is 0 Å². The van der Waals surface area contributed by atoms with Gasteiger partial charge in [0.05, 0.1) is 17.6 Å². The normalized spacial score (nSPS) is 48.0. The van der Waals surface area contributed by atoms with Gasteiger partial charge >= 0.3 is 0 Å². The first-order chi connectivity index (χ1) is 5.13. The van der Waals surface area contributed by atoms with Crippen LogP contribution >= 0.6 is 0 Å². The third kappa shape index (κ3) is 0.767. The number of fused-ring (bicyclic) bond motifs is 1. The van der Waals surface area contributed by atoms with Gasteiger partial charge in [-0.3, -0.25) is 0 Å². The van der Waals surface area contributed by atoms with Crippen molar-refractivity contribution in [3.05, 3.63) is 0 Å². The molecule has 3 fully saturated rings. The molecule has 2 heterocycles. The molecule has 1 aliphatic carbocycles. The van der Waals surface area contributed by atoms with Gasteiger partial charge < -0.3 is 10.5 Å². The van der Waals surface area contributed by atoms with Crippen molar-refractivity contribution in [1.82, 2.24) is 0 Å². The summed E-state index contributed by atoms with van der Waals surface area (Å²) in [4.78, 5) is 0. The molecule has 0 radical (unpaired) electrons. The average Bonchev–Trinajstić information content (AvgIpc) is 2.39. The summed E-state index contributed by atoms with van der Waals surface area (Å²) in [6.07, 6.45) is -1.34. The van der Waals surface area contributed by atoms with Gasteiger partial charge in [-0.15, -0.1) is 0 Å². The smallest absolute Gasteiger partial charge is 0.246 e. The van der Waals surface area contributed by atoms with Gasteiger partial charge in [-0.25, -0.2) is 8.78 Å². The van der Waals surface area contributed by atoms with Crippen molar-refractivity contribution in [2.24, 2.45) is 11.1 Å². The molecule has 0 amide bonds. The molecular formula is C7H11F2NO. The zero-order valence-corrected chi connectivity index (χ0v) is 6.15. The fraction of sp³-hybridized carbons (Fsp3) is 1.00. The molecule has 2 aliphatic heterocycles. The van der Waals surface area contributed by atoms with Gasteiger partial charge in [-0.1, -0.05) is 0 Å². The fourth-order valence-electron chi connectivity index (χ4n) is 2.15. The van der Waals surface area contributed by atoms with Crippen LogP contribution in [0, 0.1) is 5.41 Å². The Bertz CT molecular complexity index is 177. The van der Waals surface area contributed by atoms with Crippen LogP contribution in [-0.4, -0.2) is 25.2 Å². The van der Waals surface area contributed by atoms with Crippen molar-refractivity contribution in [2.45, 2.75) is 24.9 Å². The SMILES string of the molecule is NCC12CC(C(F)F)(CO1)C2. The minimum absolute atomic E-state index is 0.196. The van der Waals surface area contributed by atoms with E-state index in [0.717, 1.165) is 0 Å². The van der Waals surface area contributed by atoms with E-state index in [9.17, 15) is 8.78 Å². The molecule has 11 heavy (non-hydrogen) atoms. The lowest BCUT2D eigenvalue weighted by Gasteiger charge is -2.43. The predicted molar refractivity (Wildman–Crippen MR) is 35.4 cm³/mol. The second-order valence-corrected chi connectivity index (χ2v) is 3.69. The van der Waals surface area contributed by atoms with Crippen molar-refractivity contribution in [1.29, 1.82) is 0 Å². The molecule has 4 heteroatoms. The van der Waals surface area contributed by atoms with Gasteiger partial charge in [0.15, 0.2) is 0 Å². The molecule has 0 atom stereocenters. The Morgan fingerprint density at radius 3 is 2.36 bits per heavy atom. The van der Waals surface area contributed by atoms with Crippen molar-refractivity contribution >= 4 is 0 Å². The van der Waals surface area contributed by atoms with Crippen LogP contribution in [-0.2, 0) is 4.74 Å². The van der Waals surface area contributed by atoms with Crippen LogP contribution in [0.4, 0.5) is 8.78 Å². The molecule has 64 valence electrons. The topological polar surface area (TPSA) is 35.2 Å². The zero-order chi connectivity index (χ0) is 8.11. The molecule has 3 aliphatic rings. The average molecular weight is 163 g/mol. The number of nitrogens with two attached hydrogens (primary N) is 1. The Kier molecular flexibility index (Phi) is 1.30. The highest BCUT2D eigenvalue weighted by Gasteiger charge is 2.65. The lowest BCUT2D eigenvalue weighted by atomic mass is 9.63. The van der Waals surface area contributed by atoms with Gasteiger partial charge in [0.1, 0.15) is 0 Å². The number of rotatable bonds is 2. The van der Waals surface area contributed by atoms with Crippen LogP contribution in [0.1, 0.15) is 12.8 Å². The maximum Gasteiger partial charge on any atom is 0.246 e. The van der Waals surface area contributed by atoms with Crippen molar-refractivity contribution in [3.63, 3.8) is 0 Å². The highest BCUT2D eigenvalue weighted by atomic mass is 19.3. The Balaban J connectivity index is 2.08. The summed E-state index contributed by atoms with van der Waals surface area (Å²) in [5.41, 5.74) is 4.18. The zero-order valence-electron chi connectivity index (χ0n) is 6.15. The van der Waals surface area contributed by atoms with Gasteiger partial charge in [0.2, 0.25) is 6.43 Å². The quantitative estimate of drug-likeness (QED) is 0.652. The van der Waals surface area contributed by atoms with E-state index in [4.69, 9.17) is 10.5 Å². The van der Waals surface area contributed by atoms with Gasteiger partial charge in [0, 0.05) is 6.54 Å². The number of hydrogen-bond acceptors (Lipinski definition) is 2. The monoisotopic (exact) mass is 163 g/mol. The number of hydrogen-bond donors (Lipinski definition) is 1. The molecule has 2 saturated heterocycles. The Morgan fingerprint density at radius 1 is 1.45 bits per heavy atom. The Hall–Kier alpha value is -0.220. The summed E-state index contributed by atoms with van der Waals surface area (Å²) in [5, 5.41) is 0. The first kappa shape index (κ1) is 7.43. The third-order valence-electron chi connectivity index (χ3n) is 2.85. The number of ether oxygens (including phenoxy) is 1. The third-order valence-corrected chi connectivity index (χ3v) is 2.85. The summed E-state index contributed by atoms with van der Waals surface area (Å²) < 4.78 is 29.9. The standard InChI is InChI=1S/C7H11F2NO/c8-5(9)6-1-7(2-6,3-10)11-4-6/h5H,1-4,10H2. The van der Waals surface area contributed by atoms with Crippen LogP contribution < -0.4 is 5.73 Å². The minimum atomic E-state index is -2.25. The molecule has 2 bridgehead atoms. The van der Waals surface area contributed by atoms with E-state index in [1.807, 2.05) is 0 Å². The molecule has 2 nitrogen and oxygen atoms in total.